The third-order valence-electron chi connectivity index (χ3n) is 4.76. The molecule has 0 aromatic heterocycles. The van der Waals surface area contributed by atoms with Crippen molar-refractivity contribution in [1.29, 1.82) is 0 Å². The fraction of sp³-hybridized carbons (Fsp3) is 0.0800. The normalized spacial score (nSPS) is 14.4. The molecule has 4 rings (SSSR count). The lowest BCUT2D eigenvalue weighted by Gasteiger charge is -2.14. The summed E-state index contributed by atoms with van der Waals surface area (Å²) in [5.74, 6) is 0.638. The zero-order valence-corrected chi connectivity index (χ0v) is 20.4. The van der Waals surface area contributed by atoms with Crippen LogP contribution in [0.5, 0.6) is 11.5 Å². The van der Waals surface area contributed by atoms with Crippen LogP contribution in [0, 0.1) is 0 Å². The van der Waals surface area contributed by atoms with E-state index in [1.807, 2.05) is 6.07 Å². The van der Waals surface area contributed by atoms with E-state index in [-0.39, 0.29) is 18.4 Å². The molecular weight excluding hydrogens is 492 g/mol. The molecule has 0 unspecified atom stereocenters. The number of carbonyl (C=O) groups is 2. The molecule has 172 valence electrons. The fourth-order valence-electron chi connectivity index (χ4n) is 3.17. The topological polar surface area (TPSA) is 67.9 Å². The predicted octanol–water partition coefficient (Wildman–Crippen LogP) is 5.77. The first-order chi connectivity index (χ1) is 16.4. The van der Waals surface area contributed by atoms with Gasteiger partial charge < -0.3 is 14.8 Å². The van der Waals surface area contributed by atoms with Crippen LogP contribution in [0.3, 0.4) is 0 Å². The highest BCUT2D eigenvalue weighted by molar-refractivity contribution is 8.27. The molecule has 1 saturated heterocycles. The Hall–Kier alpha value is -3.33. The summed E-state index contributed by atoms with van der Waals surface area (Å²) < 4.78 is 11.2. The summed E-state index contributed by atoms with van der Waals surface area (Å²) >= 11 is 12.6. The monoisotopic (exact) mass is 510 g/mol. The molecule has 1 aliphatic heterocycles. The SMILES string of the molecule is COc1cccc(NC(=O)COc2cccc(/C=C3\SC(=S)N(c4ccc(Cl)cc4)C3=O)c2)c1. The number of halogens is 1. The van der Waals surface area contributed by atoms with Crippen LogP contribution < -0.4 is 19.7 Å². The summed E-state index contributed by atoms with van der Waals surface area (Å²) in [5, 5.41) is 3.34. The molecule has 1 fully saturated rings. The first-order valence-electron chi connectivity index (χ1n) is 10.1. The Balaban J connectivity index is 1.41. The molecule has 1 N–H and O–H groups in total. The summed E-state index contributed by atoms with van der Waals surface area (Å²) in [5.41, 5.74) is 2.03. The highest BCUT2D eigenvalue weighted by Gasteiger charge is 2.33. The summed E-state index contributed by atoms with van der Waals surface area (Å²) in [6.07, 6.45) is 1.75. The fourth-order valence-corrected chi connectivity index (χ4v) is 4.60. The van der Waals surface area contributed by atoms with Crippen LogP contribution in [0.2, 0.25) is 5.02 Å². The minimum absolute atomic E-state index is 0.167. The number of thioether (sulfide) groups is 1. The van der Waals surface area contributed by atoms with Gasteiger partial charge in [0.1, 0.15) is 11.5 Å². The lowest BCUT2D eigenvalue weighted by Crippen LogP contribution is -2.27. The third-order valence-corrected chi connectivity index (χ3v) is 6.31. The molecular formula is C25H19ClN2O4S2. The number of amides is 2. The van der Waals surface area contributed by atoms with Gasteiger partial charge in [-0.3, -0.25) is 14.5 Å². The van der Waals surface area contributed by atoms with Gasteiger partial charge in [0.05, 0.1) is 17.7 Å². The Labute approximate surface area is 211 Å². The number of anilines is 2. The maximum absolute atomic E-state index is 12.9. The highest BCUT2D eigenvalue weighted by atomic mass is 35.5. The van der Waals surface area contributed by atoms with Crippen molar-refractivity contribution >= 4 is 69.2 Å². The molecule has 34 heavy (non-hydrogen) atoms. The molecule has 1 aliphatic rings. The lowest BCUT2D eigenvalue weighted by atomic mass is 10.2. The van der Waals surface area contributed by atoms with E-state index in [1.54, 1.807) is 79.9 Å². The van der Waals surface area contributed by atoms with Crippen molar-refractivity contribution in [3.63, 3.8) is 0 Å². The smallest absolute Gasteiger partial charge is 0.270 e. The van der Waals surface area contributed by atoms with E-state index in [2.05, 4.69) is 5.32 Å². The molecule has 0 bridgehead atoms. The molecule has 9 heteroatoms. The Morgan fingerprint density at radius 1 is 1.09 bits per heavy atom. The molecule has 0 saturated carbocycles. The van der Waals surface area contributed by atoms with Gasteiger partial charge in [-0.25, -0.2) is 0 Å². The molecule has 0 radical (unpaired) electrons. The van der Waals surface area contributed by atoms with Gasteiger partial charge in [-0.2, -0.15) is 0 Å². The molecule has 0 atom stereocenters. The number of benzene rings is 3. The number of hydrogen-bond acceptors (Lipinski definition) is 6. The standard InChI is InChI=1S/C25H19ClN2O4S2/c1-31-20-6-3-5-18(14-20)27-23(29)15-32-21-7-2-4-16(12-21)13-22-24(30)28(25(33)34-22)19-10-8-17(26)9-11-19/h2-14H,15H2,1H3,(H,27,29)/b22-13-. The largest absolute Gasteiger partial charge is 0.497 e. The minimum Gasteiger partial charge on any atom is -0.497 e. The molecule has 2 amide bonds. The van der Waals surface area contributed by atoms with Crippen LogP contribution in [0.4, 0.5) is 11.4 Å². The molecule has 0 aliphatic carbocycles. The van der Waals surface area contributed by atoms with Gasteiger partial charge in [0.15, 0.2) is 10.9 Å². The Kier molecular flexibility index (Phi) is 7.52. The predicted molar refractivity (Wildman–Crippen MR) is 141 cm³/mol. The highest BCUT2D eigenvalue weighted by Crippen LogP contribution is 2.36. The molecule has 3 aromatic carbocycles. The van der Waals surface area contributed by atoms with E-state index < -0.39 is 0 Å². The van der Waals surface area contributed by atoms with E-state index in [1.165, 1.54) is 16.7 Å². The number of carbonyl (C=O) groups excluding carboxylic acids is 2. The van der Waals surface area contributed by atoms with Crippen LogP contribution in [0.15, 0.2) is 77.7 Å². The van der Waals surface area contributed by atoms with Crippen LogP contribution in [-0.4, -0.2) is 29.9 Å². The first-order valence-corrected chi connectivity index (χ1v) is 11.7. The average Bonchev–Trinajstić information content (AvgIpc) is 3.11. The third kappa shape index (κ3) is 5.77. The van der Waals surface area contributed by atoms with E-state index in [9.17, 15) is 9.59 Å². The Morgan fingerprint density at radius 3 is 2.59 bits per heavy atom. The van der Waals surface area contributed by atoms with Gasteiger partial charge in [0, 0.05) is 16.8 Å². The minimum atomic E-state index is -0.303. The number of nitrogens with zero attached hydrogens (tertiary/aromatic N) is 1. The van der Waals surface area contributed by atoms with Crippen LogP contribution in [0.1, 0.15) is 5.56 Å². The zero-order valence-electron chi connectivity index (χ0n) is 18.0. The second kappa shape index (κ2) is 10.7. The quantitative estimate of drug-likeness (QED) is 0.321. The van der Waals surface area contributed by atoms with Crippen LogP contribution in [0.25, 0.3) is 6.08 Å². The van der Waals surface area contributed by atoms with Gasteiger partial charge in [0.2, 0.25) is 0 Å². The summed E-state index contributed by atoms with van der Waals surface area (Å²) in [7, 11) is 1.56. The number of nitrogens with one attached hydrogen (secondary N) is 1. The second-order valence-electron chi connectivity index (χ2n) is 7.13. The average molecular weight is 511 g/mol. The molecule has 0 spiro atoms. The summed E-state index contributed by atoms with van der Waals surface area (Å²) in [6, 6.07) is 21.1. The zero-order chi connectivity index (χ0) is 24.1. The molecule has 3 aromatic rings. The molecule has 6 nitrogen and oxygen atoms in total. The van der Waals surface area contributed by atoms with Gasteiger partial charge >= 0.3 is 0 Å². The van der Waals surface area contributed by atoms with Gasteiger partial charge in [-0.15, -0.1) is 0 Å². The van der Waals surface area contributed by atoms with Crippen LogP contribution >= 0.6 is 35.6 Å². The Bertz CT molecular complexity index is 1280. The molecule has 1 heterocycles. The van der Waals surface area contributed by atoms with Crippen molar-refractivity contribution < 1.29 is 19.1 Å². The number of methoxy groups -OCH3 is 1. The van der Waals surface area contributed by atoms with Crippen molar-refractivity contribution in [2.45, 2.75) is 0 Å². The van der Waals surface area contributed by atoms with Crippen molar-refractivity contribution in [2.75, 3.05) is 23.9 Å². The van der Waals surface area contributed by atoms with E-state index in [0.717, 1.165) is 5.56 Å². The summed E-state index contributed by atoms with van der Waals surface area (Å²) in [4.78, 5) is 27.2. The Morgan fingerprint density at radius 2 is 1.82 bits per heavy atom. The van der Waals surface area contributed by atoms with Gasteiger partial charge in [0.25, 0.3) is 11.8 Å². The maximum Gasteiger partial charge on any atom is 0.270 e. The number of hydrogen-bond donors (Lipinski definition) is 1. The van der Waals surface area contributed by atoms with Crippen LogP contribution in [-0.2, 0) is 9.59 Å². The van der Waals surface area contributed by atoms with Crippen molar-refractivity contribution in [3.8, 4) is 11.5 Å². The van der Waals surface area contributed by atoms with Crippen molar-refractivity contribution in [1.82, 2.24) is 0 Å². The van der Waals surface area contributed by atoms with E-state index in [4.69, 9.17) is 33.3 Å². The second-order valence-corrected chi connectivity index (χ2v) is 9.25. The number of rotatable bonds is 7. The van der Waals surface area contributed by atoms with Crippen molar-refractivity contribution in [2.24, 2.45) is 0 Å². The van der Waals surface area contributed by atoms with E-state index in [0.29, 0.717) is 37.1 Å². The van der Waals surface area contributed by atoms with E-state index >= 15 is 0 Å². The lowest BCUT2D eigenvalue weighted by molar-refractivity contribution is -0.118. The first kappa shape index (κ1) is 23.8. The maximum atomic E-state index is 12.9. The number of thiocarbonyl (C=S) groups is 1. The van der Waals surface area contributed by atoms with Gasteiger partial charge in [-0.1, -0.05) is 53.8 Å². The van der Waals surface area contributed by atoms with Crippen molar-refractivity contribution in [3.05, 3.63) is 88.3 Å². The summed E-state index contributed by atoms with van der Waals surface area (Å²) in [6.45, 7) is -0.167. The van der Waals surface area contributed by atoms with Gasteiger partial charge in [-0.05, 0) is 60.2 Å². The number of ether oxygens (including phenoxy) is 2.